The largest absolute Gasteiger partial charge is 0.363 e. The molecule has 0 saturated carbocycles. The molecule has 0 N–H and O–H groups in total. The fourth-order valence-electron chi connectivity index (χ4n) is 0.522. The van der Waals surface area contributed by atoms with E-state index in [0.29, 0.717) is 0 Å². The van der Waals surface area contributed by atoms with E-state index in [-0.39, 0.29) is 5.03 Å². The van der Waals surface area contributed by atoms with Crippen LogP contribution in [0, 0.1) is 0 Å². The van der Waals surface area contributed by atoms with Crippen LogP contribution in [0.1, 0.15) is 0 Å². The summed E-state index contributed by atoms with van der Waals surface area (Å²) in [4.78, 5) is 0. The Morgan fingerprint density at radius 1 is 1.55 bits per heavy atom. The maximum Gasteiger partial charge on any atom is 0.263 e. The van der Waals surface area contributed by atoms with Crippen LogP contribution in [0.2, 0.25) is 0 Å². The monoisotopic (exact) mass is 176 g/mol. The molecule has 6 heteroatoms. The Bertz CT molecular complexity index is 314. The minimum absolute atomic E-state index is 0.0671. The third kappa shape index (κ3) is 1.41. The van der Waals surface area contributed by atoms with Crippen molar-refractivity contribution in [1.29, 1.82) is 0 Å². The molecule has 11 heavy (non-hydrogen) atoms. The van der Waals surface area contributed by atoms with Crippen molar-refractivity contribution in [2.45, 2.75) is 5.03 Å². The van der Waals surface area contributed by atoms with Gasteiger partial charge >= 0.3 is 0 Å². The normalized spacial score (nSPS) is 12.3. The van der Waals surface area contributed by atoms with Gasteiger partial charge in [-0.25, -0.2) is 12.7 Å². The first-order valence-electron chi connectivity index (χ1n) is 2.88. The highest BCUT2D eigenvalue weighted by molar-refractivity contribution is 7.89. The Labute approximate surface area is 64.6 Å². The van der Waals surface area contributed by atoms with E-state index in [9.17, 15) is 8.42 Å². The zero-order valence-electron chi connectivity index (χ0n) is 6.18. The van der Waals surface area contributed by atoms with Gasteiger partial charge in [-0.1, -0.05) is 5.16 Å². The van der Waals surface area contributed by atoms with E-state index in [2.05, 4.69) is 9.68 Å². The maximum atomic E-state index is 11.2. The third-order valence-electron chi connectivity index (χ3n) is 1.16. The SMILES string of the molecule is CN(C)S(=O)(=O)c1ccon1. The molecule has 0 radical (unpaired) electrons. The minimum Gasteiger partial charge on any atom is -0.363 e. The van der Waals surface area contributed by atoms with Gasteiger partial charge < -0.3 is 4.52 Å². The summed E-state index contributed by atoms with van der Waals surface area (Å²) in [5, 5.41) is 3.24. The summed E-state index contributed by atoms with van der Waals surface area (Å²) in [6.45, 7) is 0. The van der Waals surface area contributed by atoms with Crippen molar-refractivity contribution in [2.24, 2.45) is 0 Å². The van der Waals surface area contributed by atoms with E-state index in [1.165, 1.54) is 26.4 Å². The second-order valence-electron chi connectivity index (χ2n) is 2.13. The van der Waals surface area contributed by atoms with Crippen LogP contribution < -0.4 is 0 Å². The smallest absolute Gasteiger partial charge is 0.263 e. The predicted octanol–water partition coefficient (Wildman–Crippen LogP) is -0.0751. The molecule has 0 aromatic carbocycles. The summed E-state index contributed by atoms with van der Waals surface area (Å²) in [5.74, 6) is 0. The Hall–Kier alpha value is -0.880. The fraction of sp³-hybridized carbons (Fsp3) is 0.400. The van der Waals surface area contributed by atoms with Crippen LogP contribution in [0.4, 0.5) is 0 Å². The number of nitrogens with zero attached hydrogens (tertiary/aromatic N) is 2. The molecule has 0 bridgehead atoms. The van der Waals surface area contributed by atoms with E-state index >= 15 is 0 Å². The average molecular weight is 176 g/mol. The molecule has 0 aliphatic carbocycles. The summed E-state index contributed by atoms with van der Waals surface area (Å²) in [6, 6.07) is 1.30. The standard InChI is InChI=1S/C5H8N2O3S/c1-7(2)11(8,9)5-3-4-10-6-5/h3-4H,1-2H3. The average Bonchev–Trinajstić information content (AvgIpc) is 2.37. The Kier molecular flexibility index (Phi) is 1.97. The zero-order chi connectivity index (χ0) is 8.48. The number of aromatic nitrogens is 1. The molecule has 0 aliphatic heterocycles. The van der Waals surface area contributed by atoms with Gasteiger partial charge in [-0.05, 0) is 0 Å². The lowest BCUT2D eigenvalue weighted by atomic mass is 10.8. The third-order valence-corrected chi connectivity index (χ3v) is 2.86. The molecule has 0 unspecified atom stereocenters. The molecule has 1 heterocycles. The molecule has 0 aliphatic rings. The molecule has 0 spiro atoms. The fourth-order valence-corrected chi connectivity index (χ4v) is 1.26. The number of sulfonamides is 1. The van der Waals surface area contributed by atoms with Gasteiger partial charge in [0, 0.05) is 20.2 Å². The maximum absolute atomic E-state index is 11.2. The molecule has 0 saturated heterocycles. The highest BCUT2D eigenvalue weighted by Crippen LogP contribution is 2.08. The number of rotatable bonds is 2. The van der Waals surface area contributed by atoms with Crippen molar-refractivity contribution in [3.05, 3.63) is 12.3 Å². The van der Waals surface area contributed by atoms with Crippen LogP contribution in [0.3, 0.4) is 0 Å². The second-order valence-corrected chi connectivity index (χ2v) is 4.22. The minimum atomic E-state index is -3.41. The number of hydrogen-bond donors (Lipinski definition) is 0. The van der Waals surface area contributed by atoms with E-state index in [4.69, 9.17) is 0 Å². The van der Waals surface area contributed by atoms with Gasteiger partial charge in [-0.15, -0.1) is 0 Å². The molecule has 1 aromatic rings. The van der Waals surface area contributed by atoms with Crippen LogP contribution >= 0.6 is 0 Å². The number of hydrogen-bond acceptors (Lipinski definition) is 4. The molecule has 5 nitrogen and oxygen atoms in total. The predicted molar refractivity (Wildman–Crippen MR) is 37.4 cm³/mol. The first kappa shape index (κ1) is 8.22. The summed E-state index contributed by atoms with van der Waals surface area (Å²) in [5.41, 5.74) is 0. The van der Waals surface area contributed by atoms with Crippen LogP contribution in [0.15, 0.2) is 21.9 Å². The first-order chi connectivity index (χ1) is 5.05. The van der Waals surface area contributed by atoms with Crippen molar-refractivity contribution < 1.29 is 12.9 Å². The quantitative estimate of drug-likeness (QED) is 0.632. The van der Waals surface area contributed by atoms with E-state index in [1.807, 2.05) is 0 Å². The second kappa shape index (κ2) is 2.63. The summed E-state index contributed by atoms with van der Waals surface area (Å²) < 4.78 is 27.9. The molecule has 1 rings (SSSR count). The molecule has 0 fully saturated rings. The lowest BCUT2D eigenvalue weighted by Gasteiger charge is -2.06. The summed E-state index contributed by atoms with van der Waals surface area (Å²) in [6.07, 6.45) is 1.22. The van der Waals surface area contributed by atoms with E-state index in [1.54, 1.807) is 0 Å². The molecule has 0 amide bonds. The van der Waals surface area contributed by atoms with Gasteiger partial charge in [-0.2, -0.15) is 0 Å². The van der Waals surface area contributed by atoms with Gasteiger partial charge in [0.25, 0.3) is 10.0 Å². The van der Waals surface area contributed by atoms with E-state index in [0.717, 1.165) is 4.31 Å². The lowest BCUT2D eigenvalue weighted by Crippen LogP contribution is -2.22. The van der Waals surface area contributed by atoms with Crippen LogP contribution in [0.5, 0.6) is 0 Å². The highest BCUT2D eigenvalue weighted by Gasteiger charge is 2.19. The Morgan fingerprint density at radius 2 is 2.18 bits per heavy atom. The van der Waals surface area contributed by atoms with Gasteiger partial charge in [0.15, 0.2) is 0 Å². The molecular weight excluding hydrogens is 168 g/mol. The van der Waals surface area contributed by atoms with Crippen molar-refractivity contribution in [1.82, 2.24) is 9.46 Å². The van der Waals surface area contributed by atoms with Gasteiger partial charge in [0.2, 0.25) is 5.03 Å². The van der Waals surface area contributed by atoms with Gasteiger partial charge in [-0.3, -0.25) is 0 Å². The Morgan fingerprint density at radius 3 is 2.55 bits per heavy atom. The first-order valence-corrected chi connectivity index (χ1v) is 4.32. The van der Waals surface area contributed by atoms with E-state index < -0.39 is 10.0 Å². The van der Waals surface area contributed by atoms with Crippen LogP contribution in [0.25, 0.3) is 0 Å². The topological polar surface area (TPSA) is 63.4 Å². The van der Waals surface area contributed by atoms with Gasteiger partial charge in [0.1, 0.15) is 6.26 Å². The summed E-state index contributed by atoms with van der Waals surface area (Å²) >= 11 is 0. The summed E-state index contributed by atoms with van der Waals surface area (Å²) in [7, 11) is -0.536. The van der Waals surface area contributed by atoms with Crippen molar-refractivity contribution in [3.8, 4) is 0 Å². The zero-order valence-corrected chi connectivity index (χ0v) is 7.00. The van der Waals surface area contributed by atoms with Crippen molar-refractivity contribution in [3.63, 3.8) is 0 Å². The molecule has 62 valence electrons. The van der Waals surface area contributed by atoms with Gasteiger partial charge in [0.05, 0.1) is 0 Å². The lowest BCUT2D eigenvalue weighted by molar-refractivity contribution is 0.397. The molecular formula is C5H8N2O3S. The molecule has 0 atom stereocenters. The van der Waals surface area contributed by atoms with Crippen molar-refractivity contribution >= 4 is 10.0 Å². The van der Waals surface area contributed by atoms with Crippen LogP contribution in [-0.2, 0) is 10.0 Å². The van der Waals surface area contributed by atoms with Crippen LogP contribution in [-0.4, -0.2) is 32.0 Å². The highest BCUT2D eigenvalue weighted by atomic mass is 32.2. The molecule has 1 aromatic heterocycles. The van der Waals surface area contributed by atoms with Crippen molar-refractivity contribution in [2.75, 3.05) is 14.1 Å². The Balaban J connectivity index is 3.12.